The van der Waals surface area contributed by atoms with E-state index in [-0.39, 0.29) is 0 Å². The molecule has 0 radical (unpaired) electrons. The molecule has 1 aromatic heterocycles. The van der Waals surface area contributed by atoms with Gasteiger partial charge in [-0.2, -0.15) is 0 Å². The van der Waals surface area contributed by atoms with Crippen LogP contribution in [0.15, 0.2) is 0 Å². The number of aromatic nitrogens is 2. The van der Waals surface area contributed by atoms with Crippen molar-refractivity contribution >= 4 is 5.82 Å². The fourth-order valence-corrected chi connectivity index (χ4v) is 1.79. The van der Waals surface area contributed by atoms with Gasteiger partial charge in [0.15, 0.2) is 0 Å². The Morgan fingerprint density at radius 2 is 2.21 bits per heavy atom. The lowest BCUT2D eigenvalue weighted by atomic mass is 10.1. The number of fused-ring (bicyclic) bond motifs is 1. The number of aryl methyl sites for hydroxylation is 1. The van der Waals surface area contributed by atoms with Crippen molar-refractivity contribution in [2.45, 2.75) is 19.9 Å². The Labute approximate surface area is 83.3 Å². The van der Waals surface area contributed by atoms with Gasteiger partial charge in [0, 0.05) is 25.1 Å². The predicted molar refractivity (Wildman–Crippen MR) is 54.6 cm³/mol. The minimum absolute atomic E-state index is 0.763. The van der Waals surface area contributed by atoms with Crippen molar-refractivity contribution < 1.29 is 0 Å². The second kappa shape index (κ2) is 3.51. The van der Waals surface area contributed by atoms with Gasteiger partial charge in [0.25, 0.3) is 0 Å². The smallest absolute Gasteiger partial charge is 0.148 e. The van der Waals surface area contributed by atoms with Crippen molar-refractivity contribution in [3.05, 3.63) is 17.1 Å². The number of rotatable bonds is 1. The van der Waals surface area contributed by atoms with Crippen LogP contribution in [0, 0.1) is 6.92 Å². The summed E-state index contributed by atoms with van der Waals surface area (Å²) in [4.78, 5) is 10.9. The number of anilines is 1. The van der Waals surface area contributed by atoms with E-state index < -0.39 is 0 Å². The molecule has 14 heavy (non-hydrogen) atoms. The molecule has 2 rings (SSSR count). The standard InChI is InChI=1S/C9H15N5/c1-6-11-8-3-4-14(2)5-7(8)9(12-6)13-10/h3-5,10H2,1-2H3,(H,11,12,13). The zero-order chi connectivity index (χ0) is 10.1. The monoisotopic (exact) mass is 193 g/mol. The molecular weight excluding hydrogens is 178 g/mol. The van der Waals surface area contributed by atoms with Crippen molar-refractivity contribution in [1.29, 1.82) is 0 Å². The number of nitrogens with two attached hydrogens (primary N) is 1. The Kier molecular flexibility index (Phi) is 2.35. The third kappa shape index (κ3) is 1.56. The van der Waals surface area contributed by atoms with Gasteiger partial charge in [-0.1, -0.05) is 0 Å². The van der Waals surface area contributed by atoms with Gasteiger partial charge >= 0.3 is 0 Å². The van der Waals surface area contributed by atoms with E-state index in [1.54, 1.807) is 0 Å². The Bertz CT molecular complexity index is 332. The lowest BCUT2D eigenvalue weighted by Gasteiger charge is -2.25. The molecule has 0 fully saturated rings. The third-order valence-corrected chi connectivity index (χ3v) is 2.50. The summed E-state index contributed by atoms with van der Waals surface area (Å²) in [5.74, 6) is 6.97. The Morgan fingerprint density at radius 3 is 2.93 bits per heavy atom. The van der Waals surface area contributed by atoms with Crippen molar-refractivity contribution in [3.8, 4) is 0 Å². The van der Waals surface area contributed by atoms with Gasteiger partial charge < -0.3 is 10.3 Å². The minimum atomic E-state index is 0.763. The van der Waals surface area contributed by atoms with Gasteiger partial charge in [0.05, 0.1) is 5.69 Å². The Balaban J connectivity index is 2.47. The first-order valence-electron chi connectivity index (χ1n) is 4.72. The summed E-state index contributed by atoms with van der Waals surface area (Å²) in [6, 6.07) is 0. The molecule has 1 aliphatic heterocycles. The first-order valence-corrected chi connectivity index (χ1v) is 4.72. The third-order valence-electron chi connectivity index (χ3n) is 2.50. The molecule has 1 aliphatic rings. The molecule has 1 aromatic rings. The van der Waals surface area contributed by atoms with Crippen molar-refractivity contribution in [3.63, 3.8) is 0 Å². The molecule has 0 unspecified atom stereocenters. The summed E-state index contributed by atoms with van der Waals surface area (Å²) in [5, 5.41) is 0. The first-order chi connectivity index (χ1) is 6.70. The summed E-state index contributed by atoms with van der Waals surface area (Å²) in [6.45, 7) is 3.81. The van der Waals surface area contributed by atoms with Crippen LogP contribution in [0.2, 0.25) is 0 Å². The summed E-state index contributed by atoms with van der Waals surface area (Å²) in [7, 11) is 2.09. The quantitative estimate of drug-likeness (QED) is 0.487. The van der Waals surface area contributed by atoms with E-state index in [0.717, 1.165) is 42.4 Å². The predicted octanol–water partition coefficient (Wildman–Crippen LogP) is 0.0585. The van der Waals surface area contributed by atoms with Crippen LogP contribution in [0.25, 0.3) is 0 Å². The van der Waals surface area contributed by atoms with Crippen LogP contribution in [0.3, 0.4) is 0 Å². The Hall–Kier alpha value is -1.20. The summed E-state index contributed by atoms with van der Waals surface area (Å²) < 4.78 is 0. The zero-order valence-electron chi connectivity index (χ0n) is 8.54. The molecule has 5 nitrogen and oxygen atoms in total. The first kappa shape index (κ1) is 9.36. The van der Waals surface area contributed by atoms with E-state index in [9.17, 15) is 0 Å². The second-order valence-electron chi connectivity index (χ2n) is 3.68. The number of hydrogen-bond acceptors (Lipinski definition) is 5. The van der Waals surface area contributed by atoms with Gasteiger partial charge in [-0.05, 0) is 14.0 Å². The van der Waals surface area contributed by atoms with Crippen LogP contribution >= 0.6 is 0 Å². The normalized spacial score (nSPS) is 16.5. The van der Waals surface area contributed by atoms with Crippen LogP contribution in [0.4, 0.5) is 5.82 Å². The number of likely N-dealkylation sites (N-methyl/N-ethyl adjacent to an activating group) is 1. The van der Waals surface area contributed by atoms with Gasteiger partial charge in [-0.3, -0.25) is 0 Å². The maximum Gasteiger partial charge on any atom is 0.148 e. The molecule has 0 saturated heterocycles. The summed E-state index contributed by atoms with van der Waals surface area (Å²) >= 11 is 0. The lowest BCUT2D eigenvalue weighted by Crippen LogP contribution is -2.29. The van der Waals surface area contributed by atoms with E-state index >= 15 is 0 Å². The highest BCUT2D eigenvalue weighted by molar-refractivity contribution is 5.46. The van der Waals surface area contributed by atoms with Gasteiger partial charge in [0.1, 0.15) is 11.6 Å². The molecular formula is C9H15N5. The van der Waals surface area contributed by atoms with E-state index in [0.29, 0.717) is 0 Å². The lowest BCUT2D eigenvalue weighted by molar-refractivity contribution is 0.309. The molecule has 2 heterocycles. The maximum absolute atomic E-state index is 5.43. The number of nitrogens with one attached hydrogen (secondary N) is 1. The van der Waals surface area contributed by atoms with Gasteiger partial charge in [-0.25, -0.2) is 15.8 Å². The largest absolute Gasteiger partial charge is 0.308 e. The van der Waals surface area contributed by atoms with Crippen LogP contribution in [0.1, 0.15) is 17.1 Å². The highest BCUT2D eigenvalue weighted by Crippen LogP contribution is 2.21. The SMILES string of the molecule is Cc1nc2c(c(NN)n1)CN(C)CC2. The molecule has 0 bridgehead atoms. The van der Waals surface area contributed by atoms with Crippen LogP contribution < -0.4 is 11.3 Å². The minimum Gasteiger partial charge on any atom is -0.308 e. The molecule has 76 valence electrons. The van der Waals surface area contributed by atoms with E-state index in [2.05, 4.69) is 27.3 Å². The summed E-state index contributed by atoms with van der Waals surface area (Å²) in [6.07, 6.45) is 0.976. The Morgan fingerprint density at radius 1 is 1.43 bits per heavy atom. The second-order valence-corrected chi connectivity index (χ2v) is 3.68. The molecule has 0 amide bonds. The number of hydrogen-bond donors (Lipinski definition) is 2. The van der Waals surface area contributed by atoms with Crippen molar-refractivity contribution in [2.24, 2.45) is 5.84 Å². The molecule has 0 aliphatic carbocycles. The molecule has 5 heteroatoms. The average molecular weight is 193 g/mol. The molecule has 0 atom stereocenters. The molecule has 0 aromatic carbocycles. The fourth-order valence-electron chi connectivity index (χ4n) is 1.79. The van der Waals surface area contributed by atoms with E-state index in [1.807, 2.05) is 6.92 Å². The topological polar surface area (TPSA) is 67.1 Å². The summed E-state index contributed by atoms with van der Waals surface area (Å²) in [5.41, 5.74) is 4.90. The average Bonchev–Trinajstić information content (AvgIpc) is 2.17. The van der Waals surface area contributed by atoms with E-state index in [4.69, 9.17) is 5.84 Å². The van der Waals surface area contributed by atoms with Crippen molar-refractivity contribution in [1.82, 2.24) is 14.9 Å². The van der Waals surface area contributed by atoms with Crippen LogP contribution in [-0.4, -0.2) is 28.5 Å². The van der Waals surface area contributed by atoms with Crippen molar-refractivity contribution in [2.75, 3.05) is 19.0 Å². The molecule has 0 saturated carbocycles. The zero-order valence-corrected chi connectivity index (χ0v) is 8.54. The molecule has 3 N–H and O–H groups in total. The number of nitrogen functional groups attached to an aromatic ring is 1. The fraction of sp³-hybridized carbons (Fsp3) is 0.556. The van der Waals surface area contributed by atoms with Gasteiger partial charge in [0.2, 0.25) is 0 Å². The van der Waals surface area contributed by atoms with Crippen LogP contribution in [0.5, 0.6) is 0 Å². The van der Waals surface area contributed by atoms with Gasteiger partial charge in [-0.15, -0.1) is 0 Å². The number of nitrogens with zero attached hydrogens (tertiary/aromatic N) is 3. The van der Waals surface area contributed by atoms with E-state index in [1.165, 1.54) is 0 Å². The van der Waals surface area contributed by atoms with Crippen LogP contribution in [-0.2, 0) is 13.0 Å². The maximum atomic E-state index is 5.43. The number of hydrazine groups is 1. The highest BCUT2D eigenvalue weighted by Gasteiger charge is 2.18. The molecule has 0 spiro atoms. The highest BCUT2D eigenvalue weighted by atomic mass is 15.3.